The number of carbonyl (C=O) groups excluding carboxylic acids is 1. The summed E-state index contributed by atoms with van der Waals surface area (Å²) in [5, 5.41) is 0. The molecule has 26 heavy (non-hydrogen) atoms. The number of guanidine groups is 1. The monoisotopic (exact) mass is 419 g/mol. The summed E-state index contributed by atoms with van der Waals surface area (Å²) in [5.41, 5.74) is 7.14. The van der Waals surface area contributed by atoms with Crippen LogP contribution in [0.4, 0.5) is 4.39 Å². The van der Waals surface area contributed by atoms with Crippen molar-refractivity contribution in [1.82, 2.24) is 4.90 Å². The molecule has 0 saturated heterocycles. The molecule has 1 heterocycles. The van der Waals surface area contributed by atoms with Crippen LogP contribution in [0.3, 0.4) is 0 Å². The molecule has 1 aliphatic heterocycles. The van der Waals surface area contributed by atoms with Gasteiger partial charge in [-0.3, -0.25) is 9.69 Å². The molecule has 5 nitrogen and oxygen atoms in total. The van der Waals surface area contributed by atoms with Gasteiger partial charge in [-0.1, -0.05) is 34.1 Å². The largest absolute Gasteiger partial charge is 0.485 e. The number of nitrogens with two attached hydrogens (primary N) is 1. The van der Waals surface area contributed by atoms with Gasteiger partial charge in [0, 0.05) is 29.1 Å². The van der Waals surface area contributed by atoms with Crippen molar-refractivity contribution in [3.05, 3.63) is 63.9 Å². The first kappa shape index (κ1) is 18.4. The SMILES string of the molecule is CN1C(=O)CCC(c2ccccc2F)Oc2ccc(Br)cc2CN=C1N. The fraction of sp³-hybridized carbons (Fsp3) is 0.263. The fourth-order valence-electron chi connectivity index (χ4n) is 2.78. The Morgan fingerprint density at radius 1 is 1.31 bits per heavy atom. The highest BCUT2D eigenvalue weighted by Crippen LogP contribution is 2.32. The van der Waals surface area contributed by atoms with E-state index in [9.17, 15) is 9.18 Å². The molecule has 1 amide bonds. The summed E-state index contributed by atoms with van der Waals surface area (Å²) in [6, 6.07) is 12.0. The molecule has 2 aromatic carbocycles. The van der Waals surface area contributed by atoms with Crippen molar-refractivity contribution in [2.24, 2.45) is 10.7 Å². The Morgan fingerprint density at radius 2 is 2.08 bits per heavy atom. The number of hydrogen-bond acceptors (Lipinski definition) is 4. The van der Waals surface area contributed by atoms with Crippen molar-refractivity contribution < 1.29 is 13.9 Å². The summed E-state index contributed by atoms with van der Waals surface area (Å²) in [6.45, 7) is 0.252. The zero-order valence-electron chi connectivity index (χ0n) is 14.3. The van der Waals surface area contributed by atoms with E-state index in [1.165, 1.54) is 11.0 Å². The Balaban J connectivity index is 2.04. The van der Waals surface area contributed by atoms with Crippen molar-refractivity contribution in [2.75, 3.05) is 7.05 Å². The maximum absolute atomic E-state index is 14.3. The molecule has 2 aromatic rings. The number of rotatable bonds is 1. The topological polar surface area (TPSA) is 67.9 Å². The van der Waals surface area contributed by atoms with E-state index in [1.54, 1.807) is 25.2 Å². The van der Waals surface area contributed by atoms with Crippen LogP contribution in [0, 0.1) is 5.82 Å². The first-order chi connectivity index (χ1) is 12.5. The van der Waals surface area contributed by atoms with Crippen LogP contribution in [0.2, 0.25) is 0 Å². The van der Waals surface area contributed by atoms with Gasteiger partial charge in [-0.2, -0.15) is 0 Å². The number of halogens is 2. The zero-order chi connectivity index (χ0) is 18.7. The van der Waals surface area contributed by atoms with Crippen LogP contribution in [-0.4, -0.2) is 23.8 Å². The molecule has 1 unspecified atom stereocenters. The number of hydrogen-bond donors (Lipinski definition) is 1. The minimum absolute atomic E-state index is 0.144. The fourth-order valence-corrected chi connectivity index (χ4v) is 3.18. The van der Waals surface area contributed by atoms with Crippen LogP contribution in [0.5, 0.6) is 5.75 Å². The molecule has 0 spiro atoms. The smallest absolute Gasteiger partial charge is 0.229 e. The van der Waals surface area contributed by atoms with Gasteiger partial charge in [-0.05, 0) is 30.7 Å². The number of nitrogens with zero attached hydrogens (tertiary/aromatic N) is 2. The lowest BCUT2D eigenvalue weighted by atomic mass is 10.0. The lowest BCUT2D eigenvalue weighted by Crippen LogP contribution is -2.38. The highest BCUT2D eigenvalue weighted by atomic mass is 79.9. The van der Waals surface area contributed by atoms with Crippen LogP contribution in [0.15, 0.2) is 51.9 Å². The molecule has 0 fully saturated rings. The van der Waals surface area contributed by atoms with E-state index >= 15 is 0 Å². The molecular weight excluding hydrogens is 401 g/mol. The Morgan fingerprint density at radius 3 is 2.85 bits per heavy atom. The van der Waals surface area contributed by atoms with Crippen molar-refractivity contribution in [2.45, 2.75) is 25.5 Å². The average molecular weight is 420 g/mol. The number of carbonyl (C=O) groups is 1. The van der Waals surface area contributed by atoms with Gasteiger partial charge >= 0.3 is 0 Å². The number of ether oxygens (including phenoxy) is 1. The second kappa shape index (κ2) is 7.86. The standard InChI is InChI=1S/C19H19BrFN3O2/c1-24-18(25)9-8-17(14-4-2-3-5-15(14)21)26-16-7-6-13(20)10-12(16)11-23-19(24)22/h2-7,10,17H,8-9,11H2,1H3,(H2,22,23). The molecule has 0 bridgehead atoms. The highest BCUT2D eigenvalue weighted by Gasteiger charge is 2.23. The maximum Gasteiger partial charge on any atom is 0.229 e. The lowest BCUT2D eigenvalue weighted by Gasteiger charge is -2.22. The summed E-state index contributed by atoms with van der Waals surface area (Å²) in [5.74, 6) is 0.186. The number of amides is 1. The third-order valence-electron chi connectivity index (χ3n) is 4.29. The molecule has 0 aromatic heterocycles. The lowest BCUT2D eigenvalue weighted by molar-refractivity contribution is -0.127. The van der Waals surface area contributed by atoms with Crippen LogP contribution in [0.25, 0.3) is 0 Å². The predicted octanol–water partition coefficient (Wildman–Crippen LogP) is 3.78. The second-order valence-electron chi connectivity index (χ2n) is 6.05. The number of aliphatic imine (C=N–C) groups is 1. The molecule has 2 N–H and O–H groups in total. The van der Waals surface area contributed by atoms with E-state index in [0.717, 1.165) is 10.0 Å². The van der Waals surface area contributed by atoms with E-state index in [0.29, 0.717) is 17.7 Å². The molecule has 0 saturated carbocycles. The van der Waals surface area contributed by atoms with Gasteiger partial charge < -0.3 is 10.5 Å². The van der Waals surface area contributed by atoms with E-state index in [1.807, 2.05) is 18.2 Å². The summed E-state index contributed by atoms with van der Waals surface area (Å²) in [6.07, 6.45) is -0.0995. The van der Waals surface area contributed by atoms with Crippen LogP contribution in [0.1, 0.15) is 30.1 Å². The summed E-state index contributed by atoms with van der Waals surface area (Å²) in [4.78, 5) is 18.0. The highest BCUT2D eigenvalue weighted by molar-refractivity contribution is 9.10. The summed E-state index contributed by atoms with van der Waals surface area (Å²) >= 11 is 3.43. The van der Waals surface area contributed by atoms with E-state index in [-0.39, 0.29) is 30.6 Å². The van der Waals surface area contributed by atoms with Crippen LogP contribution < -0.4 is 10.5 Å². The maximum atomic E-state index is 14.3. The Hall–Kier alpha value is -2.41. The van der Waals surface area contributed by atoms with Gasteiger partial charge in [0.2, 0.25) is 5.91 Å². The molecular formula is C19H19BrFN3O2. The Bertz CT molecular complexity index is 856. The van der Waals surface area contributed by atoms with Gasteiger partial charge in [0.1, 0.15) is 17.7 Å². The zero-order valence-corrected chi connectivity index (χ0v) is 15.9. The summed E-state index contributed by atoms with van der Waals surface area (Å²) in [7, 11) is 1.58. The molecule has 1 aliphatic rings. The minimum atomic E-state index is -0.590. The quantitative estimate of drug-likeness (QED) is 0.764. The van der Waals surface area contributed by atoms with Crippen molar-refractivity contribution in [3.63, 3.8) is 0 Å². The van der Waals surface area contributed by atoms with Crippen LogP contribution in [-0.2, 0) is 11.3 Å². The Kier molecular flexibility index (Phi) is 5.56. The number of fused-ring (bicyclic) bond motifs is 1. The van der Waals surface area contributed by atoms with E-state index in [2.05, 4.69) is 20.9 Å². The third-order valence-corrected chi connectivity index (χ3v) is 4.79. The van der Waals surface area contributed by atoms with Crippen molar-refractivity contribution >= 4 is 27.8 Å². The van der Waals surface area contributed by atoms with Crippen molar-refractivity contribution in [1.29, 1.82) is 0 Å². The second-order valence-corrected chi connectivity index (χ2v) is 6.96. The summed E-state index contributed by atoms with van der Waals surface area (Å²) < 4.78 is 21.3. The van der Waals surface area contributed by atoms with Gasteiger partial charge in [-0.25, -0.2) is 9.38 Å². The first-order valence-corrected chi connectivity index (χ1v) is 9.01. The molecule has 0 radical (unpaired) electrons. The number of benzene rings is 2. The molecule has 3 rings (SSSR count). The molecule has 136 valence electrons. The predicted molar refractivity (Wildman–Crippen MR) is 101 cm³/mol. The van der Waals surface area contributed by atoms with Crippen LogP contribution >= 0.6 is 15.9 Å². The van der Waals surface area contributed by atoms with Gasteiger partial charge in [0.25, 0.3) is 0 Å². The Labute approximate surface area is 159 Å². The first-order valence-electron chi connectivity index (χ1n) is 8.21. The average Bonchev–Trinajstić information content (AvgIpc) is 2.65. The third kappa shape index (κ3) is 4.04. The molecule has 0 aliphatic carbocycles. The van der Waals surface area contributed by atoms with Gasteiger partial charge in [0.05, 0.1) is 6.54 Å². The minimum Gasteiger partial charge on any atom is -0.485 e. The van der Waals surface area contributed by atoms with Gasteiger partial charge in [-0.15, -0.1) is 0 Å². The molecule has 7 heteroatoms. The van der Waals surface area contributed by atoms with E-state index in [4.69, 9.17) is 10.5 Å². The van der Waals surface area contributed by atoms with Gasteiger partial charge in [0.15, 0.2) is 5.96 Å². The van der Waals surface area contributed by atoms with Crippen molar-refractivity contribution in [3.8, 4) is 5.75 Å². The molecule has 1 atom stereocenters. The normalized spacial score (nSPS) is 18.4. The van der Waals surface area contributed by atoms with E-state index < -0.39 is 6.10 Å².